The highest BCUT2D eigenvalue weighted by molar-refractivity contribution is 5.91. The molecule has 2 N–H and O–H groups in total. The molecule has 2 atom stereocenters. The highest BCUT2D eigenvalue weighted by atomic mass is 16.6. The minimum Gasteiger partial charge on any atom is -0.426 e. The first-order valence-corrected chi connectivity index (χ1v) is 8.16. The molecule has 1 aromatic heterocycles. The summed E-state index contributed by atoms with van der Waals surface area (Å²) in [6, 6.07) is 14.0. The monoisotopic (exact) mass is 312 g/mol. The van der Waals surface area contributed by atoms with Crippen molar-refractivity contribution in [1.82, 2.24) is 10.6 Å². The van der Waals surface area contributed by atoms with Crippen LogP contribution in [0.3, 0.4) is 0 Å². The average Bonchev–Trinajstić information content (AvgIpc) is 3.15. The Labute approximate surface area is 135 Å². The van der Waals surface area contributed by atoms with Gasteiger partial charge in [0.15, 0.2) is 5.76 Å². The predicted octanol–water partition coefficient (Wildman–Crippen LogP) is 3.08. The van der Waals surface area contributed by atoms with E-state index in [1.54, 1.807) is 12.1 Å². The molecule has 5 heteroatoms. The number of ether oxygens (including phenoxy) is 1. The zero-order valence-corrected chi connectivity index (χ0v) is 12.8. The number of rotatable bonds is 4. The number of carbonyl (C=O) groups excluding carboxylic acids is 1. The topological polar surface area (TPSA) is 63.5 Å². The Bertz CT molecular complexity index is 671. The number of nitrogens with one attached hydrogen (secondary N) is 2. The second kappa shape index (κ2) is 6.08. The Kier molecular flexibility index (Phi) is 3.79. The van der Waals surface area contributed by atoms with Crippen LogP contribution in [-0.2, 0) is 0 Å². The third kappa shape index (κ3) is 3.24. The van der Waals surface area contributed by atoms with E-state index in [1.807, 2.05) is 30.3 Å². The Morgan fingerprint density at radius 1 is 1.09 bits per heavy atom. The molecule has 120 valence electrons. The van der Waals surface area contributed by atoms with Gasteiger partial charge in [-0.2, -0.15) is 0 Å². The molecule has 1 amide bonds. The van der Waals surface area contributed by atoms with Crippen LogP contribution in [0.15, 0.2) is 46.9 Å². The van der Waals surface area contributed by atoms with E-state index >= 15 is 0 Å². The van der Waals surface area contributed by atoms with E-state index in [1.165, 1.54) is 12.8 Å². The fraction of sp³-hybridized carbons (Fsp3) is 0.389. The van der Waals surface area contributed by atoms with Gasteiger partial charge in [-0.05, 0) is 43.9 Å². The summed E-state index contributed by atoms with van der Waals surface area (Å²) in [6.45, 7) is 0. The third-order valence-corrected chi connectivity index (χ3v) is 4.58. The molecule has 3 heterocycles. The molecule has 5 nitrogen and oxygen atoms in total. The van der Waals surface area contributed by atoms with E-state index in [0.717, 1.165) is 12.8 Å². The van der Waals surface area contributed by atoms with Crippen LogP contribution in [-0.4, -0.2) is 24.0 Å². The molecule has 2 aromatic rings. The first-order valence-electron chi connectivity index (χ1n) is 8.16. The number of benzene rings is 1. The normalized spacial score (nSPS) is 26.0. The van der Waals surface area contributed by atoms with E-state index in [9.17, 15) is 4.79 Å². The van der Waals surface area contributed by atoms with E-state index < -0.39 is 0 Å². The number of hydrogen-bond acceptors (Lipinski definition) is 4. The molecule has 2 saturated heterocycles. The van der Waals surface area contributed by atoms with Crippen LogP contribution in [0, 0.1) is 0 Å². The summed E-state index contributed by atoms with van der Waals surface area (Å²) in [5.41, 5.74) is 0. The molecule has 0 spiro atoms. The second-order valence-electron chi connectivity index (χ2n) is 6.31. The summed E-state index contributed by atoms with van der Waals surface area (Å²) in [7, 11) is 0. The van der Waals surface area contributed by atoms with Crippen molar-refractivity contribution in [1.29, 1.82) is 0 Å². The molecule has 4 rings (SSSR count). The van der Waals surface area contributed by atoms with Gasteiger partial charge in [0, 0.05) is 24.2 Å². The van der Waals surface area contributed by atoms with Crippen LogP contribution in [0.5, 0.6) is 11.7 Å². The fourth-order valence-electron chi connectivity index (χ4n) is 3.53. The van der Waals surface area contributed by atoms with Gasteiger partial charge in [0.05, 0.1) is 0 Å². The van der Waals surface area contributed by atoms with E-state index in [2.05, 4.69) is 10.6 Å². The quantitative estimate of drug-likeness (QED) is 0.910. The zero-order valence-electron chi connectivity index (χ0n) is 12.8. The summed E-state index contributed by atoms with van der Waals surface area (Å²) < 4.78 is 11.1. The van der Waals surface area contributed by atoms with Gasteiger partial charge in [0.2, 0.25) is 0 Å². The van der Waals surface area contributed by atoms with Crippen molar-refractivity contribution in [3.8, 4) is 11.7 Å². The molecule has 0 aliphatic carbocycles. The largest absolute Gasteiger partial charge is 0.426 e. The second-order valence-corrected chi connectivity index (χ2v) is 6.31. The van der Waals surface area contributed by atoms with Crippen molar-refractivity contribution in [2.24, 2.45) is 0 Å². The summed E-state index contributed by atoms with van der Waals surface area (Å²) >= 11 is 0. The van der Waals surface area contributed by atoms with Crippen LogP contribution in [0.25, 0.3) is 0 Å². The van der Waals surface area contributed by atoms with E-state index in [0.29, 0.717) is 29.5 Å². The van der Waals surface area contributed by atoms with Gasteiger partial charge in [-0.3, -0.25) is 4.79 Å². The average molecular weight is 312 g/mol. The van der Waals surface area contributed by atoms with Gasteiger partial charge in [0.1, 0.15) is 5.75 Å². The van der Waals surface area contributed by atoms with Crippen LogP contribution >= 0.6 is 0 Å². The maximum absolute atomic E-state index is 12.3. The number of amides is 1. The SMILES string of the molecule is O=C(NC1CC2CCC(C1)N2)c1ccc(Oc2ccccc2)o1. The van der Waals surface area contributed by atoms with Gasteiger partial charge in [-0.25, -0.2) is 0 Å². The fourth-order valence-corrected chi connectivity index (χ4v) is 3.53. The van der Waals surface area contributed by atoms with Gasteiger partial charge < -0.3 is 19.8 Å². The molecule has 2 aliphatic rings. The van der Waals surface area contributed by atoms with Gasteiger partial charge >= 0.3 is 0 Å². The van der Waals surface area contributed by atoms with Gasteiger partial charge in [-0.1, -0.05) is 18.2 Å². The number of hydrogen-bond donors (Lipinski definition) is 2. The maximum Gasteiger partial charge on any atom is 0.290 e. The standard InChI is InChI=1S/C18H20N2O3/c21-18(20-14-10-12-6-7-13(11-14)19-12)16-8-9-17(23-16)22-15-4-2-1-3-5-15/h1-5,8-9,12-14,19H,6-7,10-11H2,(H,20,21). The van der Waals surface area contributed by atoms with Crippen molar-refractivity contribution in [2.45, 2.75) is 43.8 Å². The lowest BCUT2D eigenvalue weighted by Crippen LogP contribution is -2.47. The van der Waals surface area contributed by atoms with Crippen molar-refractivity contribution >= 4 is 5.91 Å². The smallest absolute Gasteiger partial charge is 0.290 e. The Morgan fingerprint density at radius 3 is 2.57 bits per heavy atom. The lowest BCUT2D eigenvalue weighted by Gasteiger charge is -2.29. The molecule has 2 fully saturated rings. The highest BCUT2D eigenvalue weighted by Crippen LogP contribution is 2.27. The summed E-state index contributed by atoms with van der Waals surface area (Å²) in [4.78, 5) is 12.3. The molecule has 23 heavy (non-hydrogen) atoms. The molecular weight excluding hydrogens is 292 g/mol. The summed E-state index contributed by atoms with van der Waals surface area (Å²) in [5, 5.41) is 6.65. The molecule has 1 aromatic carbocycles. The molecule has 2 aliphatic heterocycles. The number of para-hydroxylation sites is 1. The first-order chi connectivity index (χ1) is 11.3. The molecule has 0 radical (unpaired) electrons. The van der Waals surface area contributed by atoms with Crippen molar-refractivity contribution < 1.29 is 13.9 Å². The Morgan fingerprint density at radius 2 is 1.83 bits per heavy atom. The first kappa shape index (κ1) is 14.3. The minimum absolute atomic E-state index is 0.167. The number of furan rings is 1. The van der Waals surface area contributed by atoms with Crippen LogP contribution < -0.4 is 15.4 Å². The Hall–Kier alpha value is -2.27. The van der Waals surface area contributed by atoms with Crippen molar-refractivity contribution in [3.05, 3.63) is 48.2 Å². The van der Waals surface area contributed by atoms with Gasteiger partial charge in [0.25, 0.3) is 11.9 Å². The van der Waals surface area contributed by atoms with Crippen LogP contribution in [0.4, 0.5) is 0 Å². The Balaban J connectivity index is 1.37. The summed E-state index contributed by atoms with van der Waals surface area (Å²) in [6.07, 6.45) is 4.42. The van der Waals surface area contributed by atoms with Crippen LogP contribution in [0.1, 0.15) is 36.2 Å². The van der Waals surface area contributed by atoms with Crippen LogP contribution in [0.2, 0.25) is 0 Å². The highest BCUT2D eigenvalue weighted by Gasteiger charge is 2.34. The maximum atomic E-state index is 12.3. The van der Waals surface area contributed by atoms with E-state index in [4.69, 9.17) is 9.15 Å². The van der Waals surface area contributed by atoms with E-state index in [-0.39, 0.29) is 11.9 Å². The van der Waals surface area contributed by atoms with Crippen molar-refractivity contribution in [3.63, 3.8) is 0 Å². The molecular formula is C18H20N2O3. The minimum atomic E-state index is -0.167. The lowest BCUT2D eigenvalue weighted by molar-refractivity contribution is 0.0890. The summed E-state index contributed by atoms with van der Waals surface area (Å²) in [5.74, 6) is 1.14. The van der Waals surface area contributed by atoms with Gasteiger partial charge in [-0.15, -0.1) is 0 Å². The zero-order chi connectivity index (χ0) is 15.6. The number of fused-ring (bicyclic) bond motifs is 2. The molecule has 0 saturated carbocycles. The third-order valence-electron chi connectivity index (χ3n) is 4.58. The molecule has 2 bridgehead atoms. The molecule has 2 unspecified atom stereocenters. The number of carbonyl (C=O) groups is 1. The predicted molar refractivity (Wildman–Crippen MR) is 85.7 cm³/mol. The van der Waals surface area contributed by atoms with Crippen molar-refractivity contribution in [2.75, 3.05) is 0 Å². The number of piperidine rings is 1. The lowest BCUT2D eigenvalue weighted by atomic mass is 10.00.